The Balaban J connectivity index is 1.87. The van der Waals surface area contributed by atoms with Gasteiger partial charge >= 0.3 is 5.69 Å². The fourth-order valence-corrected chi connectivity index (χ4v) is 3.38. The van der Waals surface area contributed by atoms with Crippen LogP contribution in [0.5, 0.6) is 0 Å². The number of hydrogen-bond acceptors (Lipinski definition) is 3. The zero-order valence-electron chi connectivity index (χ0n) is 12.7. The van der Waals surface area contributed by atoms with Crippen LogP contribution in [0, 0.1) is 0 Å². The maximum absolute atomic E-state index is 12.1. The maximum Gasteiger partial charge on any atom is 0.332 e. The molecule has 2 aromatic heterocycles. The van der Waals surface area contributed by atoms with Crippen molar-refractivity contribution in [2.75, 3.05) is 13.1 Å². The Morgan fingerprint density at radius 2 is 2.00 bits per heavy atom. The van der Waals surface area contributed by atoms with E-state index >= 15 is 0 Å². The molecule has 1 unspecified atom stereocenters. The zero-order chi connectivity index (χ0) is 15.8. The van der Waals surface area contributed by atoms with Gasteiger partial charge in [0.25, 0.3) is 5.56 Å². The van der Waals surface area contributed by atoms with Crippen molar-refractivity contribution in [3.63, 3.8) is 0 Å². The molecule has 3 aromatic rings. The van der Waals surface area contributed by atoms with Crippen molar-refractivity contribution in [1.29, 1.82) is 0 Å². The fraction of sp³-hybridized carbons (Fsp3) is 0.294. The average Bonchev–Trinajstić information content (AvgIpc) is 3.00. The molecule has 4 rings (SSSR count). The molecule has 0 aliphatic carbocycles. The van der Waals surface area contributed by atoms with E-state index in [0.717, 1.165) is 36.1 Å². The van der Waals surface area contributed by atoms with Gasteiger partial charge in [-0.1, -0.05) is 6.07 Å². The van der Waals surface area contributed by atoms with Crippen LogP contribution in [-0.4, -0.2) is 27.2 Å². The number of aromatic nitrogens is 3. The van der Waals surface area contributed by atoms with Crippen LogP contribution in [0.1, 0.15) is 18.9 Å². The van der Waals surface area contributed by atoms with Crippen LogP contribution in [0.4, 0.5) is 0 Å². The largest absolute Gasteiger partial charge is 0.343 e. The summed E-state index contributed by atoms with van der Waals surface area (Å²) in [5.41, 5.74) is 1.09. The molecule has 1 aromatic carbocycles. The molecule has 23 heavy (non-hydrogen) atoms. The molecule has 6 nitrogen and oxygen atoms in total. The molecule has 1 saturated heterocycles. The summed E-state index contributed by atoms with van der Waals surface area (Å²) in [7, 11) is 0. The predicted molar refractivity (Wildman–Crippen MR) is 89.3 cm³/mol. The van der Waals surface area contributed by atoms with Gasteiger partial charge in [0, 0.05) is 36.4 Å². The molecule has 0 spiro atoms. The van der Waals surface area contributed by atoms with Crippen molar-refractivity contribution in [1.82, 2.24) is 19.4 Å². The lowest BCUT2D eigenvalue weighted by Gasteiger charge is -2.25. The quantitative estimate of drug-likeness (QED) is 0.751. The standard InChI is InChI=1S/C17H18N4O2/c22-16-7-10-21(17(23)19-16)15-5-1-4-14-13(15)6-9-20(14)12-3-2-8-18-11-12/h1,4-7,9-10,12,18H,2-3,8,11H2,(H,19,22,23). The lowest BCUT2D eigenvalue weighted by atomic mass is 10.1. The highest BCUT2D eigenvalue weighted by atomic mass is 16.2. The molecule has 1 aliphatic heterocycles. The summed E-state index contributed by atoms with van der Waals surface area (Å²) in [5.74, 6) is 0. The molecule has 0 radical (unpaired) electrons. The van der Waals surface area contributed by atoms with Crippen molar-refractivity contribution in [2.24, 2.45) is 0 Å². The third-order valence-corrected chi connectivity index (χ3v) is 4.49. The van der Waals surface area contributed by atoms with Gasteiger partial charge in [0.1, 0.15) is 0 Å². The Morgan fingerprint density at radius 3 is 2.78 bits per heavy atom. The molecule has 118 valence electrons. The third kappa shape index (κ3) is 2.41. The fourth-order valence-electron chi connectivity index (χ4n) is 3.38. The number of H-pyrrole nitrogens is 1. The highest BCUT2D eigenvalue weighted by Crippen LogP contribution is 2.27. The smallest absolute Gasteiger partial charge is 0.332 e. The van der Waals surface area contributed by atoms with Crippen LogP contribution in [-0.2, 0) is 0 Å². The van der Waals surface area contributed by atoms with Gasteiger partial charge < -0.3 is 9.88 Å². The second-order valence-electron chi connectivity index (χ2n) is 5.91. The Morgan fingerprint density at radius 1 is 1.09 bits per heavy atom. The van der Waals surface area contributed by atoms with Crippen LogP contribution in [0.15, 0.2) is 52.3 Å². The highest BCUT2D eigenvalue weighted by molar-refractivity contribution is 5.88. The number of nitrogens with one attached hydrogen (secondary N) is 2. The molecule has 1 fully saturated rings. The third-order valence-electron chi connectivity index (χ3n) is 4.49. The van der Waals surface area contributed by atoms with Crippen LogP contribution in [0.25, 0.3) is 16.6 Å². The number of fused-ring (bicyclic) bond motifs is 1. The zero-order valence-corrected chi connectivity index (χ0v) is 12.7. The Hall–Kier alpha value is -2.60. The van der Waals surface area contributed by atoms with E-state index in [2.05, 4.69) is 27.1 Å². The predicted octanol–water partition coefficient (Wildman–Crippen LogP) is 1.40. The normalized spacial score (nSPS) is 18.3. The van der Waals surface area contributed by atoms with E-state index in [0.29, 0.717) is 6.04 Å². The summed E-state index contributed by atoms with van der Waals surface area (Å²) in [5, 5.41) is 4.44. The first-order chi connectivity index (χ1) is 11.2. The SMILES string of the molecule is O=c1ccn(-c2cccc3c2ccn3C2CCCNC2)c(=O)[nH]1. The molecule has 1 aliphatic rings. The molecule has 3 heterocycles. The molecule has 0 amide bonds. The molecule has 0 saturated carbocycles. The summed E-state index contributed by atoms with van der Waals surface area (Å²) >= 11 is 0. The molecule has 1 atom stereocenters. The van der Waals surface area contributed by atoms with Gasteiger partial charge in [-0.2, -0.15) is 0 Å². The van der Waals surface area contributed by atoms with Gasteiger partial charge in [0.2, 0.25) is 0 Å². The van der Waals surface area contributed by atoms with E-state index in [1.165, 1.54) is 23.3 Å². The molecule has 2 N–H and O–H groups in total. The monoisotopic (exact) mass is 310 g/mol. The van der Waals surface area contributed by atoms with E-state index in [9.17, 15) is 9.59 Å². The van der Waals surface area contributed by atoms with E-state index < -0.39 is 5.69 Å². The topological polar surface area (TPSA) is 71.8 Å². The Kier molecular flexibility index (Phi) is 3.38. The van der Waals surface area contributed by atoms with Crippen molar-refractivity contribution in [2.45, 2.75) is 18.9 Å². The van der Waals surface area contributed by atoms with Crippen LogP contribution < -0.4 is 16.6 Å². The van der Waals surface area contributed by atoms with Crippen LogP contribution in [0.2, 0.25) is 0 Å². The number of rotatable bonds is 2. The first-order valence-corrected chi connectivity index (χ1v) is 7.87. The summed E-state index contributed by atoms with van der Waals surface area (Å²) in [6, 6.07) is 9.75. The van der Waals surface area contributed by atoms with Crippen molar-refractivity contribution in [3.05, 3.63) is 63.6 Å². The first-order valence-electron chi connectivity index (χ1n) is 7.87. The lowest BCUT2D eigenvalue weighted by molar-refractivity contribution is 0.379. The Bertz CT molecular complexity index is 960. The van der Waals surface area contributed by atoms with Gasteiger partial charge in [0.05, 0.1) is 11.2 Å². The number of hydrogen-bond donors (Lipinski definition) is 2. The van der Waals surface area contributed by atoms with Gasteiger partial charge in [0.15, 0.2) is 0 Å². The van der Waals surface area contributed by atoms with E-state index in [1.807, 2.05) is 18.2 Å². The molecule has 6 heteroatoms. The summed E-state index contributed by atoms with van der Waals surface area (Å²) in [6.07, 6.45) is 5.93. The highest BCUT2D eigenvalue weighted by Gasteiger charge is 2.17. The van der Waals surface area contributed by atoms with E-state index in [4.69, 9.17) is 0 Å². The van der Waals surface area contributed by atoms with E-state index in [-0.39, 0.29) is 5.56 Å². The van der Waals surface area contributed by atoms with Crippen LogP contribution >= 0.6 is 0 Å². The van der Waals surface area contributed by atoms with E-state index in [1.54, 1.807) is 0 Å². The molecular formula is C17H18N4O2. The van der Waals surface area contributed by atoms with Gasteiger partial charge in [-0.25, -0.2) is 4.79 Å². The number of nitrogens with zero attached hydrogens (tertiary/aromatic N) is 2. The second-order valence-corrected chi connectivity index (χ2v) is 5.91. The lowest BCUT2D eigenvalue weighted by Crippen LogP contribution is -2.31. The number of piperidine rings is 1. The number of benzene rings is 1. The summed E-state index contributed by atoms with van der Waals surface area (Å²) in [6.45, 7) is 2.04. The maximum atomic E-state index is 12.1. The minimum atomic E-state index is -0.419. The Labute approximate surface area is 132 Å². The van der Waals surface area contributed by atoms with Crippen molar-refractivity contribution >= 4 is 10.9 Å². The van der Waals surface area contributed by atoms with Gasteiger partial charge in [-0.05, 0) is 37.6 Å². The van der Waals surface area contributed by atoms with Crippen molar-refractivity contribution < 1.29 is 0 Å². The molecular weight excluding hydrogens is 292 g/mol. The van der Waals surface area contributed by atoms with Crippen molar-refractivity contribution in [3.8, 4) is 5.69 Å². The molecule has 0 bridgehead atoms. The minimum absolute atomic E-state index is 0.385. The minimum Gasteiger partial charge on any atom is -0.343 e. The summed E-state index contributed by atoms with van der Waals surface area (Å²) in [4.78, 5) is 25.7. The first kappa shape index (κ1) is 14.0. The van der Waals surface area contributed by atoms with Gasteiger partial charge in [-0.3, -0.25) is 14.3 Å². The van der Waals surface area contributed by atoms with Crippen LogP contribution in [0.3, 0.4) is 0 Å². The number of aromatic amines is 1. The average molecular weight is 310 g/mol. The second kappa shape index (κ2) is 5.55. The summed E-state index contributed by atoms with van der Waals surface area (Å²) < 4.78 is 3.76. The van der Waals surface area contributed by atoms with Gasteiger partial charge in [-0.15, -0.1) is 0 Å².